The van der Waals surface area contributed by atoms with Gasteiger partial charge in [-0.15, -0.1) is 0 Å². The van der Waals surface area contributed by atoms with E-state index in [9.17, 15) is 0 Å². The lowest BCUT2D eigenvalue weighted by atomic mass is 10.2. The van der Waals surface area contributed by atoms with E-state index in [4.69, 9.17) is 4.74 Å². The highest BCUT2D eigenvalue weighted by molar-refractivity contribution is 5.27. The Morgan fingerprint density at radius 2 is 2.05 bits per heavy atom. The molecule has 1 N–H and O–H groups in total. The van der Waals surface area contributed by atoms with Crippen molar-refractivity contribution in [3.63, 3.8) is 0 Å². The molecule has 1 atom stereocenters. The van der Waals surface area contributed by atoms with E-state index >= 15 is 0 Å². The van der Waals surface area contributed by atoms with Crippen LogP contribution >= 0.6 is 0 Å². The van der Waals surface area contributed by atoms with Crippen LogP contribution in [0.1, 0.15) is 38.7 Å². The molecule has 0 bridgehead atoms. The number of rotatable bonds is 8. The first kappa shape index (κ1) is 15.3. The van der Waals surface area contributed by atoms with Crippen molar-refractivity contribution in [3.05, 3.63) is 29.8 Å². The van der Waals surface area contributed by atoms with E-state index in [0.29, 0.717) is 0 Å². The SMILES string of the molecule is CCCOc1ccc(CNC[C@H]2CCCN2CC)cc1. The zero-order valence-corrected chi connectivity index (χ0v) is 12.9. The molecule has 0 saturated carbocycles. The maximum absolute atomic E-state index is 5.60. The Morgan fingerprint density at radius 1 is 1.25 bits per heavy atom. The first-order valence-corrected chi connectivity index (χ1v) is 8.00. The molecule has 0 spiro atoms. The van der Waals surface area contributed by atoms with Crippen LogP contribution in [0.4, 0.5) is 0 Å². The Balaban J connectivity index is 1.71. The molecule has 1 aliphatic heterocycles. The van der Waals surface area contributed by atoms with Crippen LogP contribution in [0.15, 0.2) is 24.3 Å². The van der Waals surface area contributed by atoms with Gasteiger partial charge in [-0.05, 0) is 50.0 Å². The average molecular weight is 276 g/mol. The van der Waals surface area contributed by atoms with Gasteiger partial charge >= 0.3 is 0 Å². The zero-order valence-electron chi connectivity index (χ0n) is 12.9. The van der Waals surface area contributed by atoms with E-state index in [1.165, 1.54) is 31.5 Å². The summed E-state index contributed by atoms with van der Waals surface area (Å²) in [6, 6.07) is 9.18. The van der Waals surface area contributed by atoms with E-state index in [0.717, 1.165) is 37.9 Å². The second-order valence-corrected chi connectivity index (χ2v) is 5.55. The van der Waals surface area contributed by atoms with Crippen LogP contribution in [0.5, 0.6) is 5.75 Å². The first-order valence-electron chi connectivity index (χ1n) is 8.00. The summed E-state index contributed by atoms with van der Waals surface area (Å²) in [6.45, 7) is 9.67. The molecule has 112 valence electrons. The molecule has 1 aromatic carbocycles. The van der Waals surface area contributed by atoms with Gasteiger partial charge in [0.05, 0.1) is 6.61 Å². The van der Waals surface area contributed by atoms with Crippen molar-refractivity contribution in [3.8, 4) is 5.75 Å². The smallest absolute Gasteiger partial charge is 0.119 e. The zero-order chi connectivity index (χ0) is 14.2. The fraction of sp³-hybridized carbons (Fsp3) is 0.647. The molecule has 1 fully saturated rings. The van der Waals surface area contributed by atoms with Crippen molar-refractivity contribution in [2.45, 2.75) is 45.7 Å². The normalized spacial score (nSPS) is 19.4. The standard InChI is InChI=1S/C17H28N2O/c1-3-12-20-17-9-7-15(8-10-17)13-18-14-16-6-5-11-19(16)4-2/h7-10,16,18H,3-6,11-14H2,1-2H3/t16-/m1/s1. The molecule has 3 nitrogen and oxygen atoms in total. The molecular formula is C17H28N2O. The molecule has 0 unspecified atom stereocenters. The van der Waals surface area contributed by atoms with Crippen LogP contribution in [-0.4, -0.2) is 37.2 Å². The Kier molecular flexibility index (Phi) is 6.34. The number of hydrogen-bond donors (Lipinski definition) is 1. The maximum atomic E-state index is 5.60. The molecule has 1 saturated heterocycles. The molecule has 1 aliphatic rings. The lowest BCUT2D eigenvalue weighted by Crippen LogP contribution is -2.37. The van der Waals surface area contributed by atoms with Gasteiger partial charge in [-0.3, -0.25) is 4.90 Å². The predicted molar refractivity (Wildman–Crippen MR) is 84.2 cm³/mol. The molecular weight excluding hydrogens is 248 g/mol. The number of likely N-dealkylation sites (tertiary alicyclic amines) is 1. The summed E-state index contributed by atoms with van der Waals surface area (Å²) in [6.07, 6.45) is 3.74. The third-order valence-electron chi connectivity index (χ3n) is 4.01. The second kappa shape index (κ2) is 8.28. The third kappa shape index (κ3) is 4.50. The van der Waals surface area contributed by atoms with E-state index in [-0.39, 0.29) is 0 Å². The minimum absolute atomic E-state index is 0.729. The van der Waals surface area contributed by atoms with Crippen LogP contribution in [-0.2, 0) is 6.54 Å². The first-order chi connectivity index (χ1) is 9.83. The summed E-state index contributed by atoms with van der Waals surface area (Å²) in [7, 11) is 0. The second-order valence-electron chi connectivity index (χ2n) is 5.55. The van der Waals surface area contributed by atoms with Crippen molar-refractivity contribution in [1.82, 2.24) is 10.2 Å². The van der Waals surface area contributed by atoms with Crippen molar-refractivity contribution >= 4 is 0 Å². The average Bonchev–Trinajstić information content (AvgIpc) is 2.94. The maximum Gasteiger partial charge on any atom is 0.119 e. The van der Waals surface area contributed by atoms with Crippen molar-refractivity contribution < 1.29 is 4.74 Å². The lowest BCUT2D eigenvalue weighted by molar-refractivity contribution is 0.260. The van der Waals surface area contributed by atoms with Gasteiger partial charge in [0.1, 0.15) is 5.75 Å². The highest BCUT2D eigenvalue weighted by atomic mass is 16.5. The molecule has 0 amide bonds. The molecule has 1 aromatic rings. The monoisotopic (exact) mass is 276 g/mol. The van der Waals surface area contributed by atoms with Gasteiger partial charge in [0.2, 0.25) is 0 Å². The minimum atomic E-state index is 0.729. The summed E-state index contributed by atoms with van der Waals surface area (Å²) >= 11 is 0. The Hall–Kier alpha value is -1.06. The van der Waals surface area contributed by atoms with E-state index in [2.05, 4.69) is 48.3 Å². The highest BCUT2D eigenvalue weighted by Crippen LogP contribution is 2.16. The van der Waals surface area contributed by atoms with E-state index in [1.807, 2.05) is 0 Å². The number of ether oxygens (including phenoxy) is 1. The van der Waals surface area contributed by atoms with Crippen molar-refractivity contribution in [1.29, 1.82) is 0 Å². The molecule has 0 aromatic heterocycles. The molecule has 0 radical (unpaired) electrons. The van der Waals surface area contributed by atoms with Gasteiger partial charge in [0.25, 0.3) is 0 Å². The Bertz CT molecular complexity index is 377. The van der Waals surface area contributed by atoms with Gasteiger partial charge in [0, 0.05) is 19.1 Å². The molecule has 3 heteroatoms. The molecule has 0 aliphatic carbocycles. The molecule has 2 rings (SSSR count). The van der Waals surface area contributed by atoms with Gasteiger partial charge in [0.15, 0.2) is 0 Å². The van der Waals surface area contributed by atoms with E-state index in [1.54, 1.807) is 0 Å². The van der Waals surface area contributed by atoms with Crippen LogP contribution in [0.2, 0.25) is 0 Å². The van der Waals surface area contributed by atoms with Crippen molar-refractivity contribution in [2.24, 2.45) is 0 Å². The highest BCUT2D eigenvalue weighted by Gasteiger charge is 2.21. The van der Waals surface area contributed by atoms with Crippen LogP contribution < -0.4 is 10.1 Å². The summed E-state index contributed by atoms with van der Waals surface area (Å²) in [5.74, 6) is 0.976. The number of nitrogens with one attached hydrogen (secondary N) is 1. The van der Waals surface area contributed by atoms with Gasteiger partial charge in [-0.25, -0.2) is 0 Å². The molecule has 20 heavy (non-hydrogen) atoms. The van der Waals surface area contributed by atoms with Crippen LogP contribution in [0.25, 0.3) is 0 Å². The number of nitrogens with zero attached hydrogens (tertiary/aromatic N) is 1. The Labute approximate surface area is 123 Å². The van der Waals surface area contributed by atoms with Crippen LogP contribution in [0, 0.1) is 0 Å². The topological polar surface area (TPSA) is 24.5 Å². The molecule has 1 heterocycles. The predicted octanol–water partition coefficient (Wildman–Crippen LogP) is 3.05. The third-order valence-corrected chi connectivity index (χ3v) is 4.01. The fourth-order valence-corrected chi connectivity index (χ4v) is 2.85. The summed E-state index contributed by atoms with van der Waals surface area (Å²) in [4.78, 5) is 2.58. The number of benzene rings is 1. The fourth-order valence-electron chi connectivity index (χ4n) is 2.85. The lowest BCUT2D eigenvalue weighted by Gasteiger charge is -2.23. The van der Waals surface area contributed by atoms with E-state index < -0.39 is 0 Å². The van der Waals surface area contributed by atoms with Gasteiger partial charge in [-0.2, -0.15) is 0 Å². The number of hydrogen-bond acceptors (Lipinski definition) is 3. The van der Waals surface area contributed by atoms with Crippen LogP contribution in [0.3, 0.4) is 0 Å². The van der Waals surface area contributed by atoms with Gasteiger partial charge in [-0.1, -0.05) is 26.0 Å². The van der Waals surface area contributed by atoms with Gasteiger partial charge < -0.3 is 10.1 Å². The summed E-state index contributed by atoms with van der Waals surface area (Å²) < 4.78 is 5.60. The summed E-state index contributed by atoms with van der Waals surface area (Å²) in [5, 5.41) is 3.59. The number of likely N-dealkylation sites (N-methyl/N-ethyl adjacent to an activating group) is 1. The largest absolute Gasteiger partial charge is 0.494 e. The quantitative estimate of drug-likeness (QED) is 0.790. The minimum Gasteiger partial charge on any atom is -0.494 e. The summed E-state index contributed by atoms with van der Waals surface area (Å²) in [5.41, 5.74) is 1.33. The van der Waals surface area contributed by atoms with Crippen molar-refractivity contribution in [2.75, 3.05) is 26.2 Å². The Morgan fingerprint density at radius 3 is 2.75 bits per heavy atom.